The zero-order valence-electron chi connectivity index (χ0n) is 11.6. The molecule has 1 aromatic rings. The van der Waals surface area contributed by atoms with E-state index in [-0.39, 0.29) is 0 Å². The third-order valence-corrected chi connectivity index (χ3v) is 3.96. The minimum Gasteiger partial charge on any atom is -0.478 e. The minimum absolute atomic E-state index is 0.692. The van der Waals surface area contributed by atoms with Crippen LogP contribution in [0.4, 0.5) is 0 Å². The Kier molecular flexibility index (Phi) is 5.93. The molecule has 3 nitrogen and oxygen atoms in total. The van der Waals surface area contributed by atoms with Crippen LogP contribution in [0.5, 0.6) is 5.88 Å². The lowest BCUT2D eigenvalue weighted by Gasteiger charge is -2.24. The van der Waals surface area contributed by atoms with Gasteiger partial charge in [-0.3, -0.25) is 0 Å². The van der Waals surface area contributed by atoms with E-state index in [1.54, 1.807) is 0 Å². The maximum absolute atomic E-state index is 6.13. The Bertz CT molecular complexity index is 394. The summed E-state index contributed by atoms with van der Waals surface area (Å²) in [6.07, 6.45) is 6.37. The number of ether oxygens (including phenoxy) is 1. The molecule has 1 saturated carbocycles. The van der Waals surface area contributed by atoms with Crippen molar-refractivity contribution in [3.8, 4) is 5.88 Å². The molecule has 0 radical (unpaired) electrons. The Balaban J connectivity index is 1.80. The van der Waals surface area contributed by atoms with E-state index in [0.29, 0.717) is 17.4 Å². The van der Waals surface area contributed by atoms with E-state index < -0.39 is 0 Å². The van der Waals surface area contributed by atoms with Gasteiger partial charge in [-0.25, -0.2) is 4.98 Å². The van der Waals surface area contributed by atoms with E-state index in [1.807, 2.05) is 12.1 Å². The molecule has 0 aliphatic heterocycles. The van der Waals surface area contributed by atoms with Gasteiger partial charge in [-0.05, 0) is 31.4 Å². The average Bonchev–Trinajstić information content (AvgIpc) is 2.36. The predicted molar refractivity (Wildman–Crippen MR) is 78.7 cm³/mol. The Morgan fingerprint density at radius 1 is 1.42 bits per heavy atom. The molecule has 0 atom stereocenters. The maximum Gasteiger partial charge on any atom is 0.213 e. The molecule has 1 N–H and O–H groups in total. The van der Waals surface area contributed by atoms with Crippen LogP contribution in [-0.4, -0.2) is 18.1 Å². The van der Waals surface area contributed by atoms with Gasteiger partial charge in [0, 0.05) is 12.6 Å². The highest BCUT2D eigenvalue weighted by atomic mass is 35.5. The third-order valence-electron chi connectivity index (χ3n) is 3.61. The van der Waals surface area contributed by atoms with Gasteiger partial charge in [0.1, 0.15) is 0 Å². The van der Waals surface area contributed by atoms with Crippen LogP contribution in [-0.2, 0) is 6.54 Å². The Morgan fingerprint density at radius 2 is 2.26 bits per heavy atom. The fraction of sp³-hybridized carbons (Fsp3) is 0.667. The van der Waals surface area contributed by atoms with Crippen molar-refractivity contribution in [1.82, 2.24) is 10.3 Å². The average molecular weight is 283 g/mol. The smallest absolute Gasteiger partial charge is 0.213 e. The molecule has 106 valence electrons. The summed E-state index contributed by atoms with van der Waals surface area (Å²) in [5.41, 5.74) is 0.872. The summed E-state index contributed by atoms with van der Waals surface area (Å²) in [5.74, 6) is 1.56. The van der Waals surface area contributed by atoms with Crippen molar-refractivity contribution in [3.63, 3.8) is 0 Å². The van der Waals surface area contributed by atoms with Crippen molar-refractivity contribution in [1.29, 1.82) is 0 Å². The van der Waals surface area contributed by atoms with E-state index >= 15 is 0 Å². The van der Waals surface area contributed by atoms with Gasteiger partial charge < -0.3 is 10.1 Å². The largest absolute Gasteiger partial charge is 0.478 e. The van der Waals surface area contributed by atoms with Gasteiger partial charge in [0.05, 0.1) is 17.3 Å². The summed E-state index contributed by atoms with van der Waals surface area (Å²) >= 11 is 6.13. The fourth-order valence-electron chi connectivity index (χ4n) is 2.16. The summed E-state index contributed by atoms with van der Waals surface area (Å²) in [4.78, 5) is 4.47. The van der Waals surface area contributed by atoms with Gasteiger partial charge >= 0.3 is 0 Å². The van der Waals surface area contributed by atoms with Crippen molar-refractivity contribution >= 4 is 11.6 Å². The van der Waals surface area contributed by atoms with Gasteiger partial charge in [-0.15, -0.1) is 0 Å². The molecule has 1 aromatic heterocycles. The second kappa shape index (κ2) is 7.71. The number of nitrogens with zero attached hydrogens (tertiary/aromatic N) is 1. The van der Waals surface area contributed by atoms with Gasteiger partial charge in [0.15, 0.2) is 0 Å². The standard InChI is InChI=1S/C15H23ClN2O/c1-2-9-17-11-14-13(16)6-7-15(18-14)19-10-8-12-4-3-5-12/h6-7,12,17H,2-5,8-11H2,1H3. The van der Waals surface area contributed by atoms with Crippen LogP contribution in [0, 0.1) is 5.92 Å². The highest BCUT2D eigenvalue weighted by Crippen LogP contribution is 2.29. The van der Waals surface area contributed by atoms with Crippen molar-refractivity contribution in [2.24, 2.45) is 5.92 Å². The fourth-order valence-corrected chi connectivity index (χ4v) is 2.34. The van der Waals surface area contributed by atoms with Crippen molar-refractivity contribution in [2.45, 2.75) is 45.6 Å². The molecule has 1 heterocycles. The maximum atomic E-state index is 6.13. The van der Waals surface area contributed by atoms with Crippen molar-refractivity contribution in [2.75, 3.05) is 13.2 Å². The molecule has 1 fully saturated rings. The summed E-state index contributed by atoms with van der Waals surface area (Å²) in [5, 5.41) is 4.01. The Labute approximate surface area is 120 Å². The molecule has 4 heteroatoms. The lowest BCUT2D eigenvalue weighted by atomic mass is 9.83. The number of pyridine rings is 1. The first kappa shape index (κ1) is 14.6. The number of hydrogen-bond donors (Lipinski definition) is 1. The van der Waals surface area contributed by atoms with E-state index in [0.717, 1.165) is 37.6 Å². The van der Waals surface area contributed by atoms with E-state index in [1.165, 1.54) is 19.3 Å². The second-order valence-electron chi connectivity index (χ2n) is 5.19. The highest BCUT2D eigenvalue weighted by molar-refractivity contribution is 6.31. The molecule has 0 saturated heterocycles. The number of halogens is 1. The van der Waals surface area contributed by atoms with Gasteiger partial charge in [-0.1, -0.05) is 37.8 Å². The Hall–Kier alpha value is -0.800. The first-order valence-electron chi connectivity index (χ1n) is 7.28. The van der Waals surface area contributed by atoms with E-state index in [9.17, 15) is 0 Å². The van der Waals surface area contributed by atoms with Gasteiger partial charge in [-0.2, -0.15) is 0 Å². The molecular weight excluding hydrogens is 260 g/mol. The normalized spacial score (nSPS) is 15.3. The Morgan fingerprint density at radius 3 is 2.95 bits per heavy atom. The quantitative estimate of drug-likeness (QED) is 0.737. The topological polar surface area (TPSA) is 34.2 Å². The molecule has 1 aliphatic carbocycles. The summed E-state index contributed by atoms with van der Waals surface area (Å²) in [7, 11) is 0. The van der Waals surface area contributed by atoms with Crippen LogP contribution in [0.2, 0.25) is 5.02 Å². The van der Waals surface area contributed by atoms with Crippen LogP contribution in [0.25, 0.3) is 0 Å². The SMILES string of the molecule is CCCNCc1nc(OCCC2CCC2)ccc1Cl. The predicted octanol–water partition coefficient (Wildman–Crippen LogP) is 3.80. The second-order valence-corrected chi connectivity index (χ2v) is 5.60. The zero-order valence-corrected chi connectivity index (χ0v) is 12.4. The summed E-state index contributed by atoms with van der Waals surface area (Å²) < 4.78 is 5.72. The molecule has 0 unspecified atom stereocenters. The molecule has 0 spiro atoms. The van der Waals surface area contributed by atoms with Crippen LogP contribution >= 0.6 is 11.6 Å². The molecule has 1 aliphatic rings. The number of rotatable bonds is 8. The summed E-state index contributed by atoms with van der Waals surface area (Å²) in [6, 6.07) is 3.72. The minimum atomic E-state index is 0.692. The molecule has 2 rings (SSSR count). The van der Waals surface area contributed by atoms with E-state index in [2.05, 4.69) is 17.2 Å². The first-order chi connectivity index (χ1) is 9.29. The summed E-state index contributed by atoms with van der Waals surface area (Å²) in [6.45, 7) is 4.58. The highest BCUT2D eigenvalue weighted by Gasteiger charge is 2.17. The third kappa shape index (κ3) is 4.66. The molecule has 0 amide bonds. The lowest BCUT2D eigenvalue weighted by Crippen LogP contribution is -2.16. The molecular formula is C15H23ClN2O. The number of aromatic nitrogens is 1. The van der Waals surface area contributed by atoms with Crippen LogP contribution in [0.1, 0.15) is 44.7 Å². The monoisotopic (exact) mass is 282 g/mol. The first-order valence-corrected chi connectivity index (χ1v) is 7.66. The number of hydrogen-bond acceptors (Lipinski definition) is 3. The van der Waals surface area contributed by atoms with E-state index in [4.69, 9.17) is 16.3 Å². The van der Waals surface area contributed by atoms with Crippen molar-refractivity contribution in [3.05, 3.63) is 22.8 Å². The molecule has 0 aromatic carbocycles. The lowest BCUT2D eigenvalue weighted by molar-refractivity contribution is 0.217. The zero-order chi connectivity index (χ0) is 13.5. The van der Waals surface area contributed by atoms with Crippen molar-refractivity contribution < 1.29 is 4.74 Å². The molecule has 0 bridgehead atoms. The number of nitrogens with one attached hydrogen (secondary N) is 1. The molecule has 19 heavy (non-hydrogen) atoms. The van der Waals surface area contributed by atoms with Crippen LogP contribution in [0.15, 0.2) is 12.1 Å². The van der Waals surface area contributed by atoms with Crippen LogP contribution in [0.3, 0.4) is 0 Å². The van der Waals surface area contributed by atoms with Crippen LogP contribution < -0.4 is 10.1 Å². The van der Waals surface area contributed by atoms with Gasteiger partial charge in [0.2, 0.25) is 5.88 Å². The van der Waals surface area contributed by atoms with Gasteiger partial charge in [0.25, 0.3) is 0 Å².